The second-order valence-corrected chi connectivity index (χ2v) is 8.55. The fourth-order valence-corrected chi connectivity index (χ4v) is 4.69. The number of nitrogens with zero attached hydrogens (tertiary/aromatic N) is 2. The predicted octanol–water partition coefficient (Wildman–Crippen LogP) is 2.71. The molecule has 2 heterocycles. The van der Waals surface area contributed by atoms with E-state index in [9.17, 15) is 4.79 Å². The molecule has 2 aromatic carbocycles. The van der Waals surface area contributed by atoms with Crippen LogP contribution in [0.2, 0.25) is 0 Å². The van der Waals surface area contributed by atoms with Crippen molar-refractivity contribution in [3.8, 4) is 0 Å². The minimum absolute atomic E-state index is 0.0767. The molecule has 2 aliphatic rings. The molecule has 30 heavy (non-hydrogen) atoms. The number of esters is 1. The first-order valence-corrected chi connectivity index (χ1v) is 11.2. The van der Waals surface area contributed by atoms with Gasteiger partial charge in [-0.15, -0.1) is 0 Å². The summed E-state index contributed by atoms with van der Waals surface area (Å²) in [6.45, 7) is 6.83. The highest BCUT2D eigenvalue weighted by molar-refractivity contribution is 5.71. The number of piperidine rings is 1. The predicted molar refractivity (Wildman–Crippen MR) is 119 cm³/mol. The minimum atomic E-state index is -0.119. The van der Waals surface area contributed by atoms with Crippen LogP contribution in [-0.2, 0) is 22.6 Å². The molecule has 0 saturated carbocycles. The van der Waals surface area contributed by atoms with Gasteiger partial charge < -0.3 is 15.0 Å². The smallest absolute Gasteiger partial charge is 0.320 e. The van der Waals surface area contributed by atoms with Gasteiger partial charge in [0.25, 0.3) is 0 Å². The van der Waals surface area contributed by atoms with E-state index in [-0.39, 0.29) is 11.5 Å². The van der Waals surface area contributed by atoms with Gasteiger partial charge in [-0.2, -0.15) is 0 Å². The summed E-state index contributed by atoms with van der Waals surface area (Å²) in [5.74, 6) is -0.119. The molecule has 5 nitrogen and oxygen atoms in total. The monoisotopic (exact) mass is 407 g/mol. The van der Waals surface area contributed by atoms with Crippen LogP contribution in [0.15, 0.2) is 60.7 Å². The van der Waals surface area contributed by atoms with Crippen molar-refractivity contribution in [3.63, 3.8) is 0 Å². The molecule has 0 unspecified atom stereocenters. The van der Waals surface area contributed by atoms with Crippen molar-refractivity contribution in [1.29, 1.82) is 0 Å². The summed E-state index contributed by atoms with van der Waals surface area (Å²) in [6.07, 6.45) is 3.29. The second-order valence-electron chi connectivity index (χ2n) is 8.55. The lowest BCUT2D eigenvalue weighted by Gasteiger charge is -2.51. The minimum Gasteiger partial charge on any atom is -0.460 e. The number of rotatable bonds is 7. The topological polar surface area (TPSA) is 44.8 Å². The number of benzene rings is 2. The lowest BCUT2D eigenvalue weighted by molar-refractivity contribution is -0.149. The Morgan fingerprint density at radius 1 is 0.933 bits per heavy atom. The molecule has 1 N–H and O–H groups in total. The summed E-state index contributed by atoms with van der Waals surface area (Å²) >= 11 is 0. The van der Waals surface area contributed by atoms with Gasteiger partial charge in [-0.3, -0.25) is 9.69 Å². The fraction of sp³-hybridized carbons (Fsp3) is 0.480. The summed E-state index contributed by atoms with van der Waals surface area (Å²) in [6, 6.07) is 20.6. The van der Waals surface area contributed by atoms with Gasteiger partial charge in [0.2, 0.25) is 0 Å². The molecule has 0 radical (unpaired) electrons. The van der Waals surface area contributed by atoms with Crippen LogP contribution in [-0.4, -0.2) is 67.1 Å². The van der Waals surface area contributed by atoms with Gasteiger partial charge in [0, 0.05) is 31.7 Å². The van der Waals surface area contributed by atoms with Crippen molar-refractivity contribution in [3.05, 3.63) is 71.8 Å². The Kier molecular flexibility index (Phi) is 7.16. The number of carbonyl (C=O) groups is 1. The lowest BCUT2D eigenvalue weighted by Crippen LogP contribution is -2.65. The van der Waals surface area contributed by atoms with E-state index in [1.165, 1.54) is 5.56 Å². The van der Waals surface area contributed by atoms with Crippen LogP contribution in [0.25, 0.3) is 0 Å². The Balaban J connectivity index is 1.27. The second kappa shape index (κ2) is 10.2. The molecular weight excluding hydrogens is 374 g/mol. The largest absolute Gasteiger partial charge is 0.460 e. The number of hydrogen-bond acceptors (Lipinski definition) is 5. The third-order valence-corrected chi connectivity index (χ3v) is 6.59. The number of piperazine rings is 1. The summed E-state index contributed by atoms with van der Waals surface area (Å²) in [5, 5.41) is 3.57. The summed E-state index contributed by atoms with van der Waals surface area (Å²) in [4.78, 5) is 17.5. The van der Waals surface area contributed by atoms with Crippen molar-refractivity contribution in [2.75, 3.05) is 45.8 Å². The third kappa shape index (κ3) is 5.48. The average molecular weight is 408 g/mol. The zero-order chi connectivity index (χ0) is 20.7. The van der Waals surface area contributed by atoms with Crippen molar-refractivity contribution < 1.29 is 9.53 Å². The highest BCUT2D eigenvalue weighted by Crippen LogP contribution is 2.30. The van der Waals surface area contributed by atoms with Crippen LogP contribution in [0.5, 0.6) is 0 Å². The Bertz CT molecular complexity index is 789. The van der Waals surface area contributed by atoms with E-state index < -0.39 is 0 Å². The third-order valence-electron chi connectivity index (χ3n) is 6.59. The van der Waals surface area contributed by atoms with Crippen molar-refractivity contribution in [1.82, 2.24) is 15.1 Å². The molecule has 0 amide bonds. The normalized spacial score (nSPS) is 19.6. The van der Waals surface area contributed by atoms with Crippen LogP contribution in [0.3, 0.4) is 0 Å². The molecule has 2 aromatic rings. The van der Waals surface area contributed by atoms with E-state index in [1.54, 1.807) is 0 Å². The average Bonchev–Trinajstić information content (AvgIpc) is 2.80. The Labute approximate surface area is 180 Å². The Morgan fingerprint density at radius 3 is 2.30 bits per heavy atom. The zero-order valence-electron chi connectivity index (χ0n) is 17.8. The molecule has 0 atom stereocenters. The summed E-state index contributed by atoms with van der Waals surface area (Å²) < 4.78 is 5.56. The maximum absolute atomic E-state index is 12.5. The van der Waals surface area contributed by atoms with E-state index in [0.29, 0.717) is 13.2 Å². The maximum Gasteiger partial charge on any atom is 0.320 e. The number of nitrogens with one attached hydrogen (secondary N) is 1. The van der Waals surface area contributed by atoms with Crippen molar-refractivity contribution in [2.24, 2.45) is 0 Å². The molecule has 5 heteroatoms. The lowest BCUT2D eigenvalue weighted by atomic mass is 9.84. The molecule has 2 fully saturated rings. The van der Waals surface area contributed by atoms with Gasteiger partial charge in [-0.25, -0.2) is 0 Å². The van der Waals surface area contributed by atoms with E-state index >= 15 is 0 Å². The van der Waals surface area contributed by atoms with Crippen LogP contribution in [0.1, 0.15) is 24.0 Å². The van der Waals surface area contributed by atoms with Gasteiger partial charge in [0.15, 0.2) is 0 Å². The van der Waals surface area contributed by atoms with Gasteiger partial charge >= 0.3 is 5.97 Å². The molecule has 2 aliphatic heterocycles. The molecule has 160 valence electrons. The van der Waals surface area contributed by atoms with Crippen LogP contribution >= 0.6 is 0 Å². The van der Waals surface area contributed by atoms with Crippen LogP contribution < -0.4 is 5.32 Å². The molecule has 0 aromatic heterocycles. The highest BCUT2D eigenvalue weighted by atomic mass is 16.5. The maximum atomic E-state index is 12.5. The van der Waals surface area contributed by atoms with Crippen LogP contribution in [0, 0.1) is 0 Å². The number of carbonyl (C=O) groups excluding carboxylic acids is 1. The zero-order valence-corrected chi connectivity index (χ0v) is 17.8. The first kappa shape index (κ1) is 21.0. The molecule has 4 rings (SSSR count). The molecule has 1 spiro atoms. The number of ether oxygens (including phenoxy) is 1. The number of hydrogen-bond donors (Lipinski definition) is 1. The van der Waals surface area contributed by atoms with Gasteiger partial charge in [0.05, 0.1) is 6.54 Å². The Hall–Kier alpha value is -2.21. The fourth-order valence-electron chi connectivity index (χ4n) is 4.69. The van der Waals surface area contributed by atoms with E-state index in [1.807, 2.05) is 30.3 Å². The van der Waals surface area contributed by atoms with Crippen molar-refractivity contribution in [2.45, 2.75) is 31.4 Å². The van der Waals surface area contributed by atoms with Crippen molar-refractivity contribution >= 4 is 5.97 Å². The van der Waals surface area contributed by atoms with E-state index in [4.69, 9.17) is 4.74 Å². The Morgan fingerprint density at radius 2 is 1.60 bits per heavy atom. The molecule has 2 saturated heterocycles. The van der Waals surface area contributed by atoms with Gasteiger partial charge in [-0.05, 0) is 43.5 Å². The quantitative estimate of drug-likeness (QED) is 0.715. The summed E-state index contributed by atoms with van der Waals surface area (Å²) in [5.41, 5.74) is 2.51. The SMILES string of the molecule is O=C(CN1CCNCC12CCN(CCc1ccccc1)CC2)OCc1ccccc1. The van der Waals surface area contributed by atoms with E-state index in [0.717, 1.165) is 64.1 Å². The van der Waals surface area contributed by atoms with Gasteiger partial charge in [-0.1, -0.05) is 60.7 Å². The van der Waals surface area contributed by atoms with Crippen LogP contribution in [0.4, 0.5) is 0 Å². The summed E-state index contributed by atoms with van der Waals surface area (Å²) in [7, 11) is 0. The first-order valence-electron chi connectivity index (χ1n) is 11.2. The molecule has 0 bridgehead atoms. The van der Waals surface area contributed by atoms with Gasteiger partial charge in [0.1, 0.15) is 6.61 Å². The number of likely N-dealkylation sites (tertiary alicyclic amines) is 1. The molecule has 0 aliphatic carbocycles. The highest BCUT2D eigenvalue weighted by Gasteiger charge is 2.42. The standard InChI is InChI=1S/C25H33N3O2/c29-24(30-20-23-9-5-2-6-10-23)19-28-18-14-26-21-25(28)12-16-27(17-13-25)15-11-22-7-3-1-4-8-22/h1-10,26H,11-21H2. The molecular formula is C25H33N3O2. The van der Waals surface area contributed by atoms with E-state index in [2.05, 4.69) is 45.4 Å². The first-order chi connectivity index (χ1) is 14.7.